The number of para-hydroxylation sites is 1. The van der Waals surface area contributed by atoms with Gasteiger partial charge in [-0.15, -0.1) is 10.2 Å². The molecule has 0 amide bonds. The zero-order chi connectivity index (χ0) is 22.8. The van der Waals surface area contributed by atoms with Crippen LogP contribution in [0.3, 0.4) is 0 Å². The quantitative estimate of drug-likeness (QED) is 0.486. The lowest BCUT2D eigenvalue weighted by Gasteiger charge is -2.26. The Balaban J connectivity index is 1.98. The van der Waals surface area contributed by atoms with Crippen molar-refractivity contribution in [3.8, 4) is 17.2 Å². The first kappa shape index (κ1) is 22.9. The molecule has 1 N–H and O–H groups in total. The molecule has 0 spiro atoms. The monoisotopic (exact) mass is 514 g/mol. The van der Waals surface area contributed by atoms with Crippen LogP contribution >= 0.6 is 15.9 Å². The van der Waals surface area contributed by atoms with Gasteiger partial charge in [0.05, 0.1) is 18.7 Å². The molecular weight excluding hydrogens is 495 g/mol. The van der Waals surface area contributed by atoms with Gasteiger partial charge in [0.25, 0.3) is 0 Å². The van der Waals surface area contributed by atoms with Crippen molar-refractivity contribution < 1.29 is 22.3 Å². The minimum Gasteiger partial charge on any atom is -0.494 e. The molecule has 13 heteroatoms. The van der Waals surface area contributed by atoms with E-state index in [1.165, 1.54) is 44.4 Å². The molecule has 0 radical (unpaired) electrons. The van der Waals surface area contributed by atoms with Gasteiger partial charge in [-0.1, -0.05) is 6.07 Å². The molecule has 2 aromatic heterocycles. The van der Waals surface area contributed by atoms with Crippen molar-refractivity contribution in [1.29, 1.82) is 0 Å². The molecule has 166 valence electrons. The van der Waals surface area contributed by atoms with Gasteiger partial charge in [0.2, 0.25) is 16.0 Å². The van der Waals surface area contributed by atoms with Gasteiger partial charge in [-0.05, 0) is 41.9 Å². The summed E-state index contributed by atoms with van der Waals surface area (Å²) in [5.74, 6) is 0.362. The standard InChI is InChI=1S/C18H20BrFN6O4S/c1-11(18(2,20)16-21-8-12(19)9-22-16)31(27,28)25-17-24-23-10-26(17)15-13(29-3)6-5-7-14(15)30-4/h5-11H,1-4H3,(H,24,25). The maximum atomic E-state index is 15.5. The number of alkyl halides is 1. The highest BCUT2D eigenvalue weighted by molar-refractivity contribution is 9.10. The summed E-state index contributed by atoms with van der Waals surface area (Å²) in [4.78, 5) is 7.80. The van der Waals surface area contributed by atoms with Crippen molar-refractivity contribution in [1.82, 2.24) is 24.7 Å². The molecule has 2 atom stereocenters. The average molecular weight is 515 g/mol. The summed E-state index contributed by atoms with van der Waals surface area (Å²) < 4.78 is 56.4. The number of anilines is 1. The van der Waals surface area contributed by atoms with Crippen LogP contribution in [0.5, 0.6) is 11.5 Å². The number of aromatic nitrogens is 5. The molecule has 0 saturated carbocycles. The van der Waals surface area contributed by atoms with Crippen LogP contribution in [0, 0.1) is 0 Å². The van der Waals surface area contributed by atoms with Crippen LogP contribution in [0.4, 0.5) is 10.3 Å². The van der Waals surface area contributed by atoms with Crippen LogP contribution in [0.1, 0.15) is 19.7 Å². The Morgan fingerprint density at radius 2 is 1.77 bits per heavy atom. The first-order valence-corrected chi connectivity index (χ1v) is 11.3. The molecule has 0 fully saturated rings. The molecule has 0 aliphatic carbocycles. The fraction of sp³-hybridized carbons (Fsp3) is 0.333. The predicted octanol–water partition coefficient (Wildman–Crippen LogP) is 2.85. The largest absolute Gasteiger partial charge is 0.494 e. The van der Waals surface area contributed by atoms with E-state index >= 15 is 4.39 Å². The van der Waals surface area contributed by atoms with Gasteiger partial charge >= 0.3 is 0 Å². The number of benzene rings is 1. The van der Waals surface area contributed by atoms with Crippen molar-refractivity contribution in [3.63, 3.8) is 0 Å². The summed E-state index contributed by atoms with van der Waals surface area (Å²) in [7, 11) is -1.37. The van der Waals surface area contributed by atoms with E-state index in [1.807, 2.05) is 0 Å². The zero-order valence-corrected chi connectivity index (χ0v) is 19.5. The third-order valence-corrected chi connectivity index (χ3v) is 6.96. The van der Waals surface area contributed by atoms with Gasteiger partial charge in [0, 0.05) is 12.4 Å². The van der Waals surface area contributed by atoms with E-state index in [-0.39, 0.29) is 11.8 Å². The predicted molar refractivity (Wildman–Crippen MR) is 115 cm³/mol. The Bertz CT molecular complexity index is 1150. The number of sulfonamides is 1. The molecule has 0 saturated heterocycles. The van der Waals surface area contributed by atoms with E-state index in [2.05, 4.69) is 40.8 Å². The normalized spacial score (nSPS) is 14.5. The molecule has 0 bridgehead atoms. The molecule has 0 aliphatic heterocycles. The molecule has 0 aliphatic rings. The Kier molecular flexibility index (Phi) is 6.46. The lowest BCUT2D eigenvalue weighted by atomic mass is 10.0. The van der Waals surface area contributed by atoms with Crippen LogP contribution in [0.25, 0.3) is 5.69 Å². The van der Waals surface area contributed by atoms with E-state index in [9.17, 15) is 8.42 Å². The number of halogens is 2. The molecule has 3 aromatic rings. The fourth-order valence-electron chi connectivity index (χ4n) is 2.79. The van der Waals surface area contributed by atoms with Crippen molar-refractivity contribution in [3.05, 3.63) is 47.2 Å². The molecule has 1 aromatic carbocycles. The van der Waals surface area contributed by atoms with E-state index in [0.29, 0.717) is 21.7 Å². The van der Waals surface area contributed by atoms with E-state index in [1.54, 1.807) is 18.2 Å². The highest BCUT2D eigenvalue weighted by Gasteiger charge is 2.44. The van der Waals surface area contributed by atoms with Crippen molar-refractivity contribution in [2.75, 3.05) is 18.9 Å². The van der Waals surface area contributed by atoms with Gasteiger partial charge in [-0.3, -0.25) is 9.29 Å². The lowest BCUT2D eigenvalue weighted by molar-refractivity contribution is 0.175. The second kappa shape index (κ2) is 8.75. The second-order valence-corrected chi connectivity index (χ2v) is 9.54. The number of ether oxygens (including phenoxy) is 2. The van der Waals surface area contributed by atoms with Gasteiger partial charge in [0.15, 0.2) is 11.5 Å². The molecular formula is C18H20BrFN6O4S. The number of nitrogens with zero attached hydrogens (tertiary/aromatic N) is 5. The van der Waals surface area contributed by atoms with Gasteiger partial charge in [0.1, 0.15) is 28.8 Å². The number of nitrogens with one attached hydrogen (secondary N) is 1. The summed E-state index contributed by atoms with van der Waals surface area (Å²) in [6.07, 6.45) is 3.98. The SMILES string of the molecule is COc1cccc(OC)c1-n1cnnc1NS(=O)(=O)C(C)C(C)(F)c1ncc(Br)cn1. The van der Waals surface area contributed by atoms with Crippen molar-refractivity contribution in [2.45, 2.75) is 24.8 Å². The summed E-state index contributed by atoms with van der Waals surface area (Å²) in [6, 6.07) is 5.05. The molecule has 3 rings (SSSR count). The summed E-state index contributed by atoms with van der Waals surface area (Å²) >= 11 is 3.17. The third-order valence-electron chi connectivity index (χ3n) is 4.71. The Morgan fingerprint density at radius 1 is 1.19 bits per heavy atom. The highest BCUT2D eigenvalue weighted by atomic mass is 79.9. The summed E-state index contributed by atoms with van der Waals surface area (Å²) in [6.45, 7) is 2.33. The van der Waals surface area contributed by atoms with Crippen LogP contribution < -0.4 is 14.2 Å². The van der Waals surface area contributed by atoms with Crippen molar-refractivity contribution in [2.24, 2.45) is 0 Å². The highest BCUT2D eigenvalue weighted by Crippen LogP contribution is 2.35. The maximum Gasteiger partial charge on any atom is 0.242 e. The minimum absolute atomic E-state index is 0.165. The topological polar surface area (TPSA) is 121 Å². The fourth-order valence-corrected chi connectivity index (χ4v) is 4.25. The number of hydrogen-bond acceptors (Lipinski definition) is 8. The summed E-state index contributed by atoms with van der Waals surface area (Å²) in [5.41, 5.74) is -2.01. The van der Waals surface area contributed by atoms with Crippen LogP contribution in [-0.2, 0) is 15.7 Å². The van der Waals surface area contributed by atoms with Gasteiger partial charge in [-0.25, -0.2) is 22.8 Å². The first-order chi connectivity index (χ1) is 14.6. The molecule has 31 heavy (non-hydrogen) atoms. The minimum atomic E-state index is -4.29. The van der Waals surface area contributed by atoms with E-state index in [0.717, 1.165) is 6.92 Å². The Labute approximate surface area is 187 Å². The zero-order valence-electron chi connectivity index (χ0n) is 17.1. The van der Waals surface area contributed by atoms with E-state index < -0.39 is 20.9 Å². The number of hydrogen-bond donors (Lipinski definition) is 1. The Morgan fingerprint density at radius 3 is 2.32 bits per heavy atom. The average Bonchev–Trinajstić information content (AvgIpc) is 3.19. The molecule has 10 nitrogen and oxygen atoms in total. The second-order valence-electron chi connectivity index (χ2n) is 6.63. The maximum absolute atomic E-state index is 15.5. The van der Waals surface area contributed by atoms with Crippen LogP contribution in [0.15, 0.2) is 41.4 Å². The van der Waals surface area contributed by atoms with Crippen molar-refractivity contribution >= 4 is 31.9 Å². The lowest BCUT2D eigenvalue weighted by Crippen LogP contribution is -2.41. The Hall–Kier alpha value is -2.80. The van der Waals surface area contributed by atoms with Gasteiger partial charge in [-0.2, -0.15) is 0 Å². The van der Waals surface area contributed by atoms with Gasteiger partial charge < -0.3 is 9.47 Å². The van der Waals surface area contributed by atoms with Crippen LogP contribution in [0.2, 0.25) is 0 Å². The third kappa shape index (κ3) is 4.46. The number of methoxy groups -OCH3 is 2. The first-order valence-electron chi connectivity index (χ1n) is 8.91. The molecule has 2 unspecified atom stereocenters. The molecule has 2 heterocycles. The summed E-state index contributed by atoms with van der Waals surface area (Å²) in [5, 5.41) is 6.04. The van der Waals surface area contributed by atoms with Crippen LogP contribution in [-0.4, -0.2) is 52.6 Å². The smallest absolute Gasteiger partial charge is 0.242 e. The van der Waals surface area contributed by atoms with E-state index in [4.69, 9.17) is 9.47 Å². The number of rotatable bonds is 8.